The molecule has 2 aromatic rings. The van der Waals surface area contributed by atoms with Crippen LogP contribution in [0, 0.1) is 12.3 Å². The Morgan fingerprint density at radius 1 is 1.32 bits per heavy atom. The van der Waals surface area contributed by atoms with E-state index in [1.165, 1.54) is 0 Å². The molecule has 0 aliphatic carbocycles. The molecule has 1 atom stereocenters. The third kappa shape index (κ3) is 5.67. The number of hydrogen-bond acceptors (Lipinski definition) is 7. The molecule has 148 valence electrons. The zero-order valence-electron chi connectivity index (χ0n) is 16.0. The van der Waals surface area contributed by atoms with E-state index in [9.17, 15) is 5.11 Å². The van der Waals surface area contributed by atoms with Crippen molar-refractivity contribution in [3.8, 4) is 29.5 Å². The highest BCUT2D eigenvalue weighted by Crippen LogP contribution is 2.23. The van der Waals surface area contributed by atoms with Gasteiger partial charge in [-0.15, -0.1) is 6.42 Å². The van der Waals surface area contributed by atoms with Gasteiger partial charge in [0.1, 0.15) is 30.0 Å². The summed E-state index contributed by atoms with van der Waals surface area (Å²) in [6.07, 6.45) is 6.88. The first-order chi connectivity index (χ1) is 13.7. The van der Waals surface area contributed by atoms with Crippen LogP contribution in [-0.4, -0.2) is 60.6 Å². The quantitative estimate of drug-likeness (QED) is 0.599. The summed E-state index contributed by atoms with van der Waals surface area (Å²) in [4.78, 5) is 9.09. The van der Waals surface area contributed by atoms with Gasteiger partial charge in [-0.05, 0) is 32.0 Å². The van der Waals surface area contributed by atoms with Crippen molar-refractivity contribution in [2.45, 2.75) is 25.0 Å². The van der Waals surface area contributed by atoms with Gasteiger partial charge in [-0.25, -0.2) is 9.97 Å². The molecule has 3 rings (SSSR count). The van der Waals surface area contributed by atoms with Gasteiger partial charge in [0.15, 0.2) is 5.82 Å². The molecule has 2 heterocycles. The van der Waals surface area contributed by atoms with Crippen LogP contribution in [0.15, 0.2) is 30.3 Å². The molecule has 1 aliphatic heterocycles. The number of aliphatic hydroxyl groups excluding tert-OH is 1. The molecule has 0 amide bonds. The number of aliphatic hydroxyl groups is 1. The molecule has 28 heavy (non-hydrogen) atoms. The highest BCUT2D eigenvalue weighted by atomic mass is 16.5. The fourth-order valence-electron chi connectivity index (χ4n) is 2.99. The summed E-state index contributed by atoms with van der Waals surface area (Å²) >= 11 is 0. The number of benzene rings is 1. The van der Waals surface area contributed by atoms with Crippen LogP contribution in [-0.2, 0) is 4.74 Å². The maximum atomic E-state index is 9.81. The molecule has 1 aromatic carbocycles. The maximum Gasteiger partial charge on any atom is 0.163 e. The van der Waals surface area contributed by atoms with Crippen molar-refractivity contribution in [3.63, 3.8) is 0 Å². The van der Waals surface area contributed by atoms with Gasteiger partial charge >= 0.3 is 0 Å². The van der Waals surface area contributed by atoms with Crippen molar-refractivity contribution in [1.29, 1.82) is 0 Å². The van der Waals surface area contributed by atoms with Gasteiger partial charge in [-0.2, -0.15) is 0 Å². The lowest BCUT2D eigenvalue weighted by molar-refractivity contribution is 0.0904. The molecule has 1 aromatic heterocycles. The van der Waals surface area contributed by atoms with Gasteiger partial charge in [0, 0.05) is 37.4 Å². The number of likely N-dealkylation sites (N-methyl/N-ethyl adjacent to an activating group) is 1. The maximum absolute atomic E-state index is 9.81. The third-order valence-electron chi connectivity index (χ3n) is 4.42. The van der Waals surface area contributed by atoms with E-state index >= 15 is 0 Å². The van der Waals surface area contributed by atoms with E-state index in [-0.39, 0.29) is 6.61 Å². The molecule has 7 heteroatoms. The number of ether oxygens (including phenoxy) is 2. The number of hydrogen-bond donors (Lipinski definition) is 3. The summed E-state index contributed by atoms with van der Waals surface area (Å²) in [5.41, 5.74) is 1.32. The molecule has 7 nitrogen and oxygen atoms in total. The van der Waals surface area contributed by atoms with Crippen molar-refractivity contribution in [2.24, 2.45) is 0 Å². The second-order valence-corrected chi connectivity index (χ2v) is 6.69. The van der Waals surface area contributed by atoms with Crippen LogP contribution in [0.1, 0.15) is 18.5 Å². The molecule has 1 saturated heterocycles. The number of aromatic nitrogens is 2. The molecular formula is C21H26N4O3. The van der Waals surface area contributed by atoms with E-state index in [1.54, 1.807) is 13.1 Å². The highest BCUT2D eigenvalue weighted by molar-refractivity contribution is 5.60. The summed E-state index contributed by atoms with van der Waals surface area (Å²) in [7, 11) is 1.78. The van der Waals surface area contributed by atoms with Crippen molar-refractivity contribution in [1.82, 2.24) is 15.3 Å². The van der Waals surface area contributed by atoms with E-state index < -0.39 is 6.10 Å². The Morgan fingerprint density at radius 3 is 2.89 bits per heavy atom. The van der Waals surface area contributed by atoms with Gasteiger partial charge < -0.3 is 25.2 Å². The Kier molecular flexibility index (Phi) is 7.20. The molecule has 1 aliphatic rings. The van der Waals surface area contributed by atoms with E-state index in [2.05, 4.69) is 26.5 Å². The van der Waals surface area contributed by atoms with Crippen LogP contribution >= 0.6 is 0 Å². The van der Waals surface area contributed by atoms with Crippen molar-refractivity contribution in [2.75, 3.05) is 38.7 Å². The molecule has 0 radical (unpaired) electrons. The average molecular weight is 382 g/mol. The zero-order valence-corrected chi connectivity index (χ0v) is 16.0. The van der Waals surface area contributed by atoms with Crippen molar-refractivity contribution in [3.05, 3.63) is 36.0 Å². The monoisotopic (exact) mass is 382 g/mol. The van der Waals surface area contributed by atoms with E-state index in [0.717, 1.165) is 31.6 Å². The number of rotatable bonds is 8. The smallest absolute Gasteiger partial charge is 0.163 e. The fourth-order valence-corrected chi connectivity index (χ4v) is 2.99. The first kappa shape index (κ1) is 20.1. The third-order valence-corrected chi connectivity index (χ3v) is 4.42. The first-order valence-corrected chi connectivity index (χ1v) is 9.44. The molecule has 0 bridgehead atoms. The molecule has 1 fully saturated rings. The Hall–Kier alpha value is -2.66. The van der Waals surface area contributed by atoms with Gasteiger partial charge in [-0.3, -0.25) is 0 Å². The summed E-state index contributed by atoms with van der Waals surface area (Å²) < 4.78 is 11.1. The Labute approximate surface area is 165 Å². The SMILES string of the molecule is C#Cc1cc(NC2CCOCC2)nc(-c2cccc(OCC(O)CNC)c2)n1. The summed E-state index contributed by atoms with van der Waals surface area (Å²) in [6, 6.07) is 9.55. The lowest BCUT2D eigenvalue weighted by Crippen LogP contribution is -2.29. The summed E-state index contributed by atoms with van der Waals surface area (Å²) in [5, 5.41) is 16.2. The molecular weight excluding hydrogens is 356 g/mol. The second kappa shape index (κ2) is 10.0. The predicted molar refractivity (Wildman–Crippen MR) is 108 cm³/mol. The standard InChI is InChI=1S/C21H26N4O3/c1-3-16-12-20(23-17-7-9-27-10-8-17)25-21(24-16)15-5-4-6-19(11-15)28-14-18(26)13-22-2/h1,4-6,11-12,17-18,22,26H,7-10,13-14H2,2H3,(H,23,24,25). The van der Waals surface area contributed by atoms with Crippen molar-refractivity contribution < 1.29 is 14.6 Å². The molecule has 3 N–H and O–H groups in total. The van der Waals surface area contributed by atoms with E-state index in [1.807, 2.05) is 24.3 Å². The Balaban J connectivity index is 1.77. The Morgan fingerprint density at radius 2 is 2.14 bits per heavy atom. The number of anilines is 1. The van der Waals surface area contributed by atoms with Gasteiger partial charge in [0.2, 0.25) is 0 Å². The van der Waals surface area contributed by atoms with Crippen LogP contribution in [0.4, 0.5) is 5.82 Å². The van der Waals surface area contributed by atoms with Gasteiger partial charge in [0.05, 0.1) is 0 Å². The molecule has 1 unspecified atom stereocenters. The first-order valence-electron chi connectivity index (χ1n) is 9.44. The minimum absolute atomic E-state index is 0.200. The fraction of sp³-hybridized carbons (Fsp3) is 0.429. The van der Waals surface area contributed by atoms with Crippen LogP contribution in [0.3, 0.4) is 0 Å². The van der Waals surface area contributed by atoms with Crippen molar-refractivity contribution >= 4 is 5.82 Å². The van der Waals surface area contributed by atoms with Crippen LogP contribution < -0.4 is 15.4 Å². The largest absolute Gasteiger partial charge is 0.491 e. The summed E-state index contributed by atoms with van der Waals surface area (Å²) in [6.45, 7) is 2.16. The number of nitrogens with one attached hydrogen (secondary N) is 2. The van der Waals surface area contributed by atoms with Gasteiger partial charge in [0.25, 0.3) is 0 Å². The van der Waals surface area contributed by atoms with Gasteiger partial charge in [-0.1, -0.05) is 18.1 Å². The Bertz CT molecular complexity index is 816. The lowest BCUT2D eigenvalue weighted by Gasteiger charge is -2.23. The lowest BCUT2D eigenvalue weighted by atomic mass is 10.1. The normalized spacial score (nSPS) is 15.6. The number of nitrogens with zero attached hydrogens (tertiary/aromatic N) is 2. The van der Waals surface area contributed by atoms with E-state index in [0.29, 0.717) is 35.7 Å². The number of terminal acetylenes is 1. The minimum atomic E-state index is -0.579. The second-order valence-electron chi connectivity index (χ2n) is 6.69. The average Bonchev–Trinajstić information content (AvgIpc) is 2.73. The predicted octanol–water partition coefficient (Wildman–Crippen LogP) is 1.67. The van der Waals surface area contributed by atoms with Crippen LogP contribution in [0.5, 0.6) is 5.75 Å². The minimum Gasteiger partial charge on any atom is -0.491 e. The van der Waals surface area contributed by atoms with Crippen LogP contribution in [0.25, 0.3) is 11.4 Å². The van der Waals surface area contributed by atoms with Crippen LogP contribution in [0.2, 0.25) is 0 Å². The zero-order chi connectivity index (χ0) is 19.8. The molecule has 0 spiro atoms. The molecule has 0 saturated carbocycles. The highest BCUT2D eigenvalue weighted by Gasteiger charge is 2.15. The topological polar surface area (TPSA) is 88.5 Å². The van der Waals surface area contributed by atoms with E-state index in [4.69, 9.17) is 15.9 Å². The summed E-state index contributed by atoms with van der Waals surface area (Å²) in [5.74, 6) is 4.48.